The molecule has 3 aromatic carbocycles. The first-order valence-corrected chi connectivity index (χ1v) is 8.56. The summed E-state index contributed by atoms with van der Waals surface area (Å²) in [4.78, 5) is 12.1. The van der Waals surface area contributed by atoms with Crippen molar-refractivity contribution in [3.05, 3.63) is 81.8 Å². The lowest BCUT2D eigenvalue weighted by molar-refractivity contribution is -0.121. The van der Waals surface area contributed by atoms with Crippen LogP contribution >= 0.6 is 23.2 Å². The average molecular weight is 358 g/mol. The van der Waals surface area contributed by atoms with Crippen LogP contribution < -0.4 is 5.32 Å². The Balaban J connectivity index is 1.59. The fourth-order valence-electron chi connectivity index (χ4n) is 2.71. The standard InChI is InChI=1S/C20H17Cl2NO/c21-17-10-8-16(19(22)12-17)13-23-20(24)11-9-15-6-3-5-14-4-1-2-7-18(14)15/h1-8,10,12H,9,11,13H2,(H,23,24). The predicted molar refractivity (Wildman–Crippen MR) is 101 cm³/mol. The molecule has 0 unspecified atom stereocenters. The number of aryl methyl sites for hydroxylation is 1. The zero-order valence-electron chi connectivity index (χ0n) is 13.1. The Kier molecular flexibility index (Phi) is 5.39. The normalized spacial score (nSPS) is 10.8. The van der Waals surface area contributed by atoms with E-state index >= 15 is 0 Å². The first-order chi connectivity index (χ1) is 11.6. The Labute approximate surface area is 151 Å². The third kappa shape index (κ3) is 4.08. The average Bonchev–Trinajstić information content (AvgIpc) is 2.59. The number of carbonyl (C=O) groups is 1. The third-order valence-electron chi connectivity index (χ3n) is 3.99. The highest BCUT2D eigenvalue weighted by molar-refractivity contribution is 6.35. The number of benzene rings is 3. The highest BCUT2D eigenvalue weighted by atomic mass is 35.5. The lowest BCUT2D eigenvalue weighted by Gasteiger charge is -2.09. The van der Waals surface area contributed by atoms with Crippen LogP contribution in [0, 0.1) is 0 Å². The van der Waals surface area contributed by atoms with Crippen LogP contribution in [0.15, 0.2) is 60.7 Å². The maximum Gasteiger partial charge on any atom is 0.220 e. The molecule has 0 atom stereocenters. The Morgan fingerprint density at radius 3 is 2.54 bits per heavy atom. The number of halogens is 2. The molecule has 0 fully saturated rings. The van der Waals surface area contributed by atoms with E-state index in [1.54, 1.807) is 12.1 Å². The van der Waals surface area contributed by atoms with Gasteiger partial charge in [-0.3, -0.25) is 4.79 Å². The Morgan fingerprint density at radius 2 is 1.71 bits per heavy atom. The first-order valence-electron chi connectivity index (χ1n) is 7.81. The van der Waals surface area contributed by atoms with Crippen molar-refractivity contribution in [1.82, 2.24) is 5.32 Å². The molecule has 0 aliphatic carbocycles. The van der Waals surface area contributed by atoms with E-state index in [0.717, 1.165) is 5.56 Å². The van der Waals surface area contributed by atoms with Crippen LogP contribution in [0.4, 0.5) is 0 Å². The van der Waals surface area contributed by atoms with Gasteiger partial charge in [-0.1, -0.05) is 71.7 Å². The summed E-state index contributed by atoms with van der Waals surface area (Å²) in [7, 11) is 0. The number of amides is 1. The van der Waals surface area contributed by atoms with Gasteiger partial charge in [0, 0.05) is 23.0 Å². The summed E-state index contributed by atoms with van der Waals surface area (Å²) in [5, 5.41) is 6.47. The summed E-state index contributed by atoms with van der Waals surface area (Å²) in [6.45, 7) is 0.407. The second-order valence-electron chi connectivity index (χ2n) is 5.65. The molecule has 0 saturated heterocycles. The quantitative estimate of drug-likeness (QED) is 0.650. The van der Waals surface area contributed by atoms with E-state index in [0.29, 0.717) is 29.4 Å². The first kappa shape index (κ1) is 16.8. The molecule has 0 aromatic heterocycles. The molecule has 1 amide bonds. The predicted octanol–water partition coefficient (Wildman–Crippen LogP) is 5.40. The number of carbonyl (C=O) groups excluding carboxylic acids is 1. The molecular formula is C20H17Cl2NO. The highest BCUT2D eigenvalue weighted by Gasteiger charge is 2.07. The third-order valence-corrected chi connectivity index (χ3v) is 4.58. The smallest absolute Gasteiger partial charge is 0.220 e. The molecule has 0 aliphatic heterocycles. The number of fused-ring (bicyclic) bond motifs is 1. The van der Waals surface area contributed by atoms with E-state index in [9.17, 15) is 4.79 Å². The summed E-state index contributed by atoms with van der Waals surface area (Å²) >= 11 is 12.0. The maximum absolute atomic E-state index is 12.1. The molecule has 3 aromatic rings. The van der Waals surface area contributed by atoms with Crippen LogP contribution in [0.5, 0.6) is 0 Å². The Hall–Kier alpha value is -2.03. The Bertz CT molecular complexity index is 871. The van der Waals surface area contributed by atoms with Gasteiger partial charge in [-0.2, -0.15) is 0 Å². The number of nitrogens with one attached hydrogen (secondary N) is 1. The van der Waals surface area contributed by atoms with Gasteiger partial charge in [0.15, 0.2) is 0 Å². The summed E-state index contributed by atoms with van der Waals surface area (Å²) in [6, 6.07) is 19.7. The van der Waals surface area contributed by atoms with E-state index in [1.807, 2.05) is 24.3 Å². The summed E-state index contributed by atoms with van der Waals surface area (Å²) < 4.78 is 0. The fraction of sp³-hybridized carbons (Fsp3) is 0.150. The van der Waals surface area contributed by atoms with Crippen LogP contribution in [0.3, 0.4) is 0 Å². The van der Waals surface area contributed by atoms with Gasteiger partial charge < -0.3 is 5.32 Å². The molecule has 122 valence electrons. The molecule has 2 nitrogen and oxygen atoms in total. The van der Waals surface area contributed by atoms with Gasteiger partial charge in [-0.05, 0) is 40.5 Å². The second-order valence-corrected chi connectivity index (χ2v) is 6.49. The van der Waals surface area contributed by atoms with Gasteiger partial charge in [0.05, 0.1) is 0 Å². The van der Waals surface area contributed by atoms with Crippen LogP contribution in [0.25, 0.3) is 10.8 Å². The molecule has 0 radical (unpaired) electrons. The molecular weight excluding hydrogens is 341 g/mol. The summed E-state index contributed by atoms with van der Waals surface area (Å²) in [5.41, 5.74) is 2.05. The number of hydrogen-bond donors (Lipinski definition) is 1. The minimum absolute atomic E-state index is 0.00829. The van der Waals surface area contributed by atoms with Crippen LogP contribution in [0.1, 0.15) is 17.5 Å². The topological polar surface area (TPSA) is 29.1 Å². The largest absolute Gasteiger partial charge is 0.352 e. The van der Waals surface area contributed by atoms with Crippen LogP contribution in [-0.2, 0) is 17.8 Å². The molecule has 0 bridgehead atoms. The van der Waals surface area contributed by atoms with Gasteiger partial charge in [0.25, 0.3) is 0 Å². The zero-order chi connectivity index (χ0) is 16.9. The van der Waals surface area contributed by atoms with E-state index in [-0.39, 0.29) is 5.91 Å². The molecule has 0 spiro atoms. The van der Waals surface area contributed by atoms with Gasteiger partial charge in [-0.15, -0.1) is 0 Å². The molecule has 3 rings (SSSR count). The van der Waals surface area contributed by atoms with Crippen LogP contribution in [0.2, 0.25) is 10.0 Å². The zero-order valence-corrected chi connectivity index (χ0v) is 14.6. The van der Waals surface area contributed by atoms with Crippen molar-refractivity contribution in [1.29, 1.82) is 0 Å². The van der Waals surface area contributed by atoms with Crippen LogP contribution in [-0.4, -0.2) is 5.91 Å². The molecule has 0 heterocycles. The highest BCUT2D eigenvalue weighted by Crippen LogP contribution is 2.21. The van der Waals surface area contributed by atoms with E-state index in [1.165, 1.54) is 16.3 Å². The van der Waals surface area contributed by atoms with E-state index in [2.05, 4.69) is 29.6 Å². The number of hydrogen-bond acceptors (Lipinski definition) is 1. The van der Waals surface area contributed by atoms with Gasteiger partial charge in [-0.25, -0.2) is 0 Å². The fourth-order valence-corrected chi connectivity index (χ4v) is 3.18. The minimum Gasteiger partial charge on any atom is -0.352 e. The lowest BCUT2D eigenvalue weighted by atomic mass is 10.0. The Morgan fingerprint density at radius 1 is 0.917 bits per heavy atom. The molecule has 1 N–H and O–H groups in total. The van der Waals surface area contributed by atoms with Crippen molar-refractivity contribution in [3.63, 3.8) is 0 Å². The van der Waals surface area contributed by atoms with Crippen molar-refractivity contribution < 1.29 is 4.79 Å². The van der Waals surface area contributed by atoms with Crippen molar-refractivity contribution in [2.45, 2.75) is 19.4 Å². The van der Waals surface area contributed by atoms with Gasteiger partial charge in [0.2, 0.25) is 5.91 Å². The second kappa shape index (κ2) is 7.69. The van der Waals surface area contributed by atoms with Crippen molar-refractivity contribution in [2.24, 2.45) is 0 Å². The van der Waals surface area contributed by atoms with E-state index in [4.69, 9.17) is 23.2 Å². The van der Waals surface area contributed by atoms with Gasteiger partial charge >= 0.3 is 0 Å². The molecule has 0 aliphatic rings. The van der Waals surface area contributed by atoms with Crippen molar-refractivity contribution >= 4 is 39.9 Å². The lowest BCUT2D eigenvalue weighted by Crippen LogP contribution is -2.23. The van der Waals surface area contributed by atoms with Gasteiger partial charge in [0.1, 0.15) is 0 Å². The number of rotatable bonds is 5. The summed E-state index contributed by atoms with van der Waals surface area (Å²) in [5.74, 6) is 0.00829. The molecule has 4 heteroatoms. The van der Waals surface area contributed by atoms with Crippen molar-refractivity contribution in [2.75, 3.05) is 0 Å². The minimum atomic E-state index is 0.00829. The maximum atomic E-state index is 12.1. The monoisotopic (exact) mass is 357 g/mol. The SMILES string of the molecule is O=C(CCc1cccc2ccccc12)NCc1ccc(Cl)cc1Cl. The molecule has 24 heavy (non-hydrogen) atoms. The van der Waals surface area contributed by atoms with E-state index < -0.39 is 0 Å². The van der Waals surface area contributed by atoms with Crippen molar-refractivity contribution in [3.8, 4) is 0 Å². The summed E-state index contributed by atoms with van der Waals surface area (Å²) in [6.07, 6.45) is 1.15. The molecule has 0 saturated carbocycles.